The van der Waals surface area contributed by atoms with Crippen LogP contribution in [0.1, 0.15) is 24.0 Å². The molecule has 0 bridgehead atoms. The molecule has 0 aromatic heterocycles. The summed E-state index contributed by atoms with van der Waals surface area (Å²) in [6, 6.07) is 13.4. The van der Waals surface area contributed by atoms with Crippen LogP contribution in [0.5, 0.6) is 0 Å². The van der Waals surface area contributed by atoms with E-state index >= 15 is 0 Å². The molecule has 0 radical (unpaired) electrons. The number of guanidine groups is 1. The molecule has 31 heavy (non-hydrogen) atoms. The summed E-state index contributed by atoms with van der Waals surface area (Å²) in [4.78, 5) is 4.46. The highest BCUT2D eigenvalue weighted by Crippen LogP contribution is 2.47. The second-order valence-electron chi connectivity index (χ2n) is 7.60. The minimum Gasteiger partial charge on any atom is -0.383 e. The molecule has 3 rings (SSSR count). The smallest absolute Gasteiger partial charge is 0.240 e. The van der Waals surface area contributed by atoms with Gasteiger partial charge in [-0.25, -0.2) is 17.5 Å². The van der Waals surface area contributed by atoms with Crippen molar-refractivity contribution in [2.24, 2.45) is 4.99 Å². The van der Waals surface area contributed by atoms with Crippen LogP contribution >= 0.6 is 0 Å². The fourth-order valence-corrected chi connectivity index (χ4v) is 4.36. The molecule has 0 atom stereocenters. The first kappa shape index (κ1) is 23.2. The Kier molecular flexibility index (Phi) is 7.64. The summed E-state index contributed by atoms with van der Waals surface area (Å²) < 4.78 is 45.4. The van der Waals surface area contributed by atoms with Crippen LogP contribution < -0.4 is 15.4 Å². The van der Waals surface area contributed by atoms with Crippen LogP contribution in [0, 0.1) is 5.82 Å². The summed E-state index contributed by atoms with van der Waals surface area (Å²) in [6.07, 6.45) is 2.02. The van der Waals surface area contributed by atoms with Gasteiger partial charge in [0.2, 0.25) is 10.0 Å². The van der Waals surface area contributed by atoms with Gasteiger partial charge in [-0.1, -0.05) is 24.3 Å². The molecule has 9 heteroatoms. The zero-order valence-electron chi connectivity index (χ0n) is 17.8. The monoisotopic (exact) mass is 448 g/mol. The number of nitrogens with one attached hydrogen (secondary N) is 3. The highest BCUT2D eigenvalue weighted by atomic mass is 32.2. The minimum atomic E-state index is -3.55. The predicted octanol–water partition coefficient (Wildman–Crippen LogP) is 2.15. The molecule has 0 heterocycles. The van der Waals surface area contributed by atoms with E-state index in [0.29, 0.717) is 25.7 Å². The maximum Gasteiger partial charge on any atom is 0.240 e. The maximum absolute atomic E-state index is 13.6. The van der Waals surface area contributed by atoms with Crippen molar-refractivity contribution in [3.8, 4) is 0 Å². The van der Waals surface area contributed by atoms with Gasteiger partial charge in [-0.2, -0.15) is 0 Å². The molecule has 0 unspecified atom stereocenters. The summed E-state index contributed by atoms with van der Waals surface area (Å²) >= 11 is 0. The third-order valence-electron chi connectivity index (χ3n) is 5.40. The highest BCUT2D eigenvalue weighted by Gasteiger charge is 2.44. The molecule has 2 aromatic carbocycles. The fourth-order valence-electron chi connectivity index (χ4n) is 3.34. The number of nitrogens with zero attached hydrogens (tertiary/aromatic N) is 1. The van der Waals surface area contributed by atoms with Crippen molar-refractivity contribution in [3.63, 3.8) is 0 Å². The lowest BCUT2D eigenvalue weighted by Gasteiger charge is -2.19. The van der Waals surface area contributed by atoms with E-state index in [4.69, 9.17) is 4.74 Å². The average molecular weight is 449 g/mol. The van der Waals surface area contributed by atoms with Crippen molar-refractivity contribution in [2.45, 2.75) is 29.7 Å². The molecule has 1 fully saturated rings. The Morgan fingerprint density at radius 3 is 2.52 bits per heavy atom. The van der Waals surface area contributed by atoms with Crippen LogP contribution in [0.3, 0.4) is 0 Å². The second kappa shape index (κ2) is 10.2. The summed E-state index contributed by atoms with van der Waals surface area (Å²) in [5, 5.41) is 6.56. The van der Waals surface area contributed by atoms with Gasteiger partial charge in [0.1, 0.15) is 5.82 Å². The second-order valence-corrected chi connectivity index (χ2v) is 9.37. The molecule has 0 saturated heterocycles. The Hall–Kier alpha value is -2.49. The van der Waals surface area contributed by atoms with E-state index < -0.39 is 10.0 Å². The van der Waals surface area contributed by atoms with E-state index in [1.807, 2.05) is 6.07 Å². The van der Waals surface area contributed by atoms with Gasteiger partial charge in [-0.15, -0.1) is 0 Å². The molecule has 1 aliphatic rings. The van der Waals surface area contributed by atoms with Crippen molar-refractivity contribution < 1.29 is 17.5 Å². The third-order valence-corrected chi connectivity index (χ3v) is 6.88. The molecule has 7 nitrogen and oxygen atoms in total. The standard InChI is InChI=1S/C22H29FN4O3S/c1-24-21(26-16-22(10-11-22)18-4-3-5-19(23)14-18)25-15-17-6-8-20(9-7-17)31(28,29)27-12-13-30-2/h3-9,14,27H,10-13,15-16H2,1-2H3,(H2,24,25,26). The summed E-state index contributed by atoms with van der Waals surface area (Å²) in [7, 11) is -0.334. The van der Waals surface area contributed by atoms with Gasteiger partial charge in [-0.05, 0) is 48.2 Å². The topological polar surface area (TPSA) is 91.8 Å². The maximum atomic E-state index is 13.6. The van der Waals surface area contributed by atoms with Crippen molar-refractivity contribution in [2.75, 3.05) is 33.9 Å². The Labute approximate surface area is 183 Å². The first-order valence-corrected chi connectivity index (χ1v) is 11.6. The number of hydrogen-bond acceptors (Lipinski definition) is 4. The van der Waals surface area contributed by atoms with Gasteiger partial charge >= 0.3 is 0 Å². The van der Waals surface area contributed by atoms with Gasteiger partial charge < -0.3 is 15.4 Å². The Balaban J connectivity index is 1.52. The first-order chi connectivity index (χ1) is 14.9. The highest BCUT2D eigenvalue weighted by molar-refractivity contribution is 7.89. The van der Waals surface area contributed by atoms with Crippen LogP contribution in [0.4, 0.5) is 4.39 Å². The Morgan fingerprint density at radius 1 is 1.16 bits per heavy atom. The third kappa shape index (κ3) is 6.25. The fraction of sp³-hybridized carbons (Fsp3) is 0.409. The van der Waals surface area contributed by atoms with Gasteiger partial charge in [0.15, 0.2) is 5.96 Å². The van der Waals surface area contributed by atoms with Crippen molar-refractivity contribution in [1.29, 1.82) is 0 Å². The summed E-state index contributed by atoms with van der Waals surface area (Å²) in [5.41, 5.74) is 1.88. The normalized spacial score (nSPS) is 15.5. The van der Waals surface area contributed by atoms with Gasteiger partial charge in [0, 0.05) is 39.2 Å². The number of benzene rings is 2. The Morgan fingerprint density at radius 2 is 1.90 bits per heavy atom. The molecule has 1 saturated carbocycles. The first-order valence-electron chi connectivity index (χ1n) is 10.2. The lowest BCUT2D eigenvalue weighted by molar-refractivity contribution is 0.204. The number of halogens is 1. The van der Waals surface area contributed by atoms with E-state index in [9.17, 15) is 12.8 Å². The van der Waals surface area contributed by atoms with Crippen molar-refractivity contribution in [3.05, 3.63) is 65.5 Å². The van der Waals surface area contributed by atoms with Crippen LogP contribution in [0.25, 0.3) is 0 Å². The molecule has 0 spiro atoms. The van der Waals surface area contributed by atoms with Crippen molar-refractivity contribution in [1.82, 2.24) is 15.4 Å². The number of methoxy groups -OCH3 is 1. The molecule has 168 valence electrons. The van der Waals surface area contributed by atoms with Crippen LogP contribution in [-0.4, -0.2) is 48.2 Å². The van der Waals surface area contributed by atoms with Gasteiger partial charge in [-0.3, -0.25) is 4.99 Å². The number of sulfonamides is 1. The average Bonchev–Trinajstić information content (AvgIpc) is 3.55. The predicted molar refractivity (Wildman–Crippen MR) is 119 cm³/mol. The molecule has 3 N–H and O–H groups in total. The molecule has 0 amide bonds. The van der Waals surface area contributed by atoms with E-state index in [-0.39, 0.29) is 22.7 Å². The van der Waals surface area contributed by atoms with Crippen LogP contribution in [0.2, 0.25) is 0 Å². The number of rotatable bonds is 10. The molecular formula is C22H29FN4O3S. The van der Waals surface area contributed by atoms with E-state index in [1.54, 1.807) is 43.4 Å². The Bertz CT molecular complexity index is 1010. The van der Waals surface area contributed by atoms with Crippen molar-refractivity contribution >= 4 is 16.0 Å². The van der Waals surface area contributed by atoms with E-state index in [2.05, 4.69) is 20.3 Å². The van der Waals surface area contributed by atoms with Gasteiger partial charge in [0.05, 0.1) is 11.5 Å². The van der Waals surface area contributed by atoms with E-state index in [0.717, 1.165) is 24.0 Å². The van der Waals surface area contributed by atoms with Crippen LogP contribution in [-0.2, 0) is 26.7 Å². The van der Waals surface area contributed by atoms with Crippen LogP contribution in [0.15, 0.2) is 58.4 Å². The summed E-state index contributed by atoms with van der Waals surface area (Å²) in [6.45, 7) is 1.69. The molecule has 1 aliphatic carbocycles. The SMILES string of the molecule is CN=C(NCc1ccc(S(=O)(=O)NCCOC)cc1)NCC1(c2cccc(F)c2)CC1. The lowest BCUT2D eigenvalue weighted by atomic mass is 9.96. The largest absolute Gasteiger partial charge is 0.383 e. The molecular weight excluding hydrogens is 419 g/mol. The number of ether oxygens (including phenoxy) is 1. The molecule has 0 aliphatic heterocycles. The van der Waals surface area contributed by atoms with E-state index in [1.165, 1.54) is 13.2 Å². The number of hydrogen-bond donors (Lipinski definition) is 3. The zero-order chi connectivity index (χ0) is 22.3. The van der Waals surface area contributed by atoms with Gasteiger partial charge in [0.25, 0.3) is 0 Å². The lowest BCUT2D eigenvalue weighted by Crippen LogP contribution is -2.40. The summed E-state index contributed by atoms with van der Waals surface area (Å²) in [5.74, 6) is 0.422. The quantitative estimate of drug-likeness (QED) is 0.294. The zero-order valence-corrected chi connectivity index (χ0v) is 18.6. The number of aliphatic imine (C=N–C) groups is 1. The minimum absolute atomic E-state index is 0.0501. The molecule has 2 aromatic rings.